The molecule has 8 unspecified atom stereocenters. The largest absolute Gasteiger partial charge is 0.394 e. The number of rotatable bonds is 47. The number of amides is 1. The molecule has 0 aromatic carbocycles. The second-order valence-electron chi connectivity index (χ2n) is 19.5. The molecule has 64 heavy (non-hydrogen) atoms. The molecule has 0 aromatic rings. The second-order valence-corrected chi connectivity index (χ2v) is 19.5. The third kappa shape index (κ3) is 33.4. The van der Waals surface area contributed by atoms with Gasteiger partial charge in [-0.1, -0.05) is 238 Å². The molecule has 7 N–H and O–H groups in total. The lowest BCUT2D eigenvalue weighted by atomic mass is 9.99. The fraction of sp³-hybridized carbons (Fsp3) is 0.944. The Kier molecular flexibility index (Phi) is 42.3. The standard InChI is InChI=1S/C54H105NO9/c1-3-5-7-9-11-13-15-17-19-21-22-23-24-25-27-29-31-33-35-37-39-41-43-48(58)53(62)55-46(45-63-54-52(61)51(60)50(59)49(44-56)64-54)47(57)42-40-38-36-34-32-30-28-26-20-18-16-14-12-10-8-6-4-2/h25,27,46-52,54,56-61H,3-24,26,28-45H2,1-2H3,(H,55,62)/b27-25-. The minimum absolute atomic E-state index is 0.254. The normalized spacial score (nSPS) is 20.5. The van der Waals surface area contributed by atoms with Crippen LogP contribution in [0.1, 0.15) is 264 Å². The van der Waals surface area contributed by atoms with Crippen LogP contribution < -0.4 is 5.32 Å². The van der Waals surface area contributed by atoms with E-state index < -0.39 is 61.5 Å². The van der Waals surface area contributed by atoms with Gasteiger partial charge in [0.2, 0.25) is 5.91 Å². The average molecular weight is 912 g/mol. The van der Waals surface area contributed by atoms with Crippen molar-refractivity contribution in [3.8, 4) is 0 Å². The molecule has 0 bridgehead atoms. The highest BCUT2D eigenvalue weighted by molar-refractivity contribution is 5.80. The van der Waals surface area contributed by atoms with Crippen LogP contribution in [-0.2, 0) is 14.3 Å². The van der Waals surface area contributed by atoms with Crippen LogP contribution in [0.2, 0.25) is 0 Å². The van der Waals surface area contributed by atoms with Crippen LogP contribution in [-0.4, -0.2) is 98.7 Å². The first-order valence-electron chi connectivity index (χ1n) is 27.5. The van der Waals surface area contributed by atoms with E-state index in [-0.39, 0.29) is 6.61 Å². The van der Waals surface area contributed by atoms with Crippen molar-refractivity contribution in [2.24, 2.45) is 0 Å². The number of carbonyl (C=O) groups excluding carboxylic acids is 1. The van der Waals surface area contributed by atoms with Gasteiger partial charge in [0.1, 0.15) is 30.5 Å². The number of allylic oxidation sites excluding steroid dienone is 2. The zero-order valence-electron chi connectivity index (χ0n) is 41.7. The number of aliphatic hydroxyl groups is 6. The highest BCUT2D eigenvalue weighted by Gasteiger charge is 2.44. The van der Waals surface area contributed by atoms with Gasteiger partial charge in [-0.15, -0.1) is 0 Å². The van der Waals surface area contributed by atoms with Crippen LogP contribution in [0, 0.1) is 0 Å². The minimum Gasteiger partial charge on any atom is -0.394 e. The molecular formula is C54H105NO9. The van der Waals surface area contributed by atoms with Gasteiger partial charge >= 0.3 is 0 Å². The summed E-state index contributed by atoms with van der Waals surface area (Å²) in [6.45, 7) is 3.70. The van der Waals surface area contributed by atoms with Crippen LogP contribution in [0.15, 0.2) is 12.2 Å². The summed E-state index contributed by atoms with van der Waals surface area (Å²) in [5, 5.41) is 65.1. The number of unbranched alkanes of at least 4 members (excludes halogenated alkanes) is 34. The highest BCUT2D eigenvalue weighted by Crippen LogP contribution is 2.23. The number of hydrogen-bond donors (Lipinski definition) is 7. The lowest BCUT2D eigenvalue weighted by Crippen LogP contribution is -2.60. The smallest absolute Gasteiger partial charge is 0.249 e. The molecule has 0 radical (unpaired) electrons. The van der Waals surface area contributed by atoms with E-state index in [4.69, 9.17) is 9.47 Å². The molecule has 8 atom stereocenters. The Morgan fingerprint density at radius 2 is 0.875 bits per heavy atom. The number of aliphatic hydroxyl groups excluding tert-OH is 6. The predicted octanol–water partition coefficient (Wildman–Crippen LogP) is 11.8. The van der Waals surface area contributed by atoms with Crippen LogP contribution in [0.3, 0.4) is 0 Å². The number of hydrogen-bond acceptors (Lipinski definition) is 9. The van der Waals surface area contributed by atoms with Crippen LogP contribution >= 0.6 is 0 Å². The Morgan fingerprint density at radius 1 is 0.516 bits per heavy atom. The molecule has 1 amide bonds. The Balaban J connectivity index is 2.28. The first kappa shape index (κ1) is 60.9. The van der Waals surface area contributed by atoms with E-state index in [1.54, 1.807) is 0 Å². The van der Waals surface area contributed by atoms with E-state index >= 15 is 0 Å². The molecule has 0 spiro atoms. The number of carbonyl (C=O) groups is 1. The zero-order valence-corrected chi connectivity index (χ0v) is 41.7. The molecule has 1 aliphatic heterocycles. The van der Waals surface area contributed by atoms with E-state index in [0.29, 0.717) is 12.8 Å². The number of ether oxygens (including phenoxy) is 2. The summed E-state index contributed by atoms with van der Waals surface area (Å²) >= 11 is 0. The first-order valence-corrected chi connectivity index (χ1v) is 27.5. The van der Waals surface area contributed by atoms with E-state index in [1.165, 1.54) is 180 Å². The van der Waals surface area contributed by atoms with Crippen LogP contribution in [0.5, 0.6) is 0 Å². The summed E-state index contributed by atoms with van der Waals surface area (Å²) < 4.78 is 11.2. The van der Waals surface area contributed by atoms with Crippen molar-refractivity contribution in [1.29, 1.82) is 0 Å². The maximum Gasteiger partial charge on any atom is 0.249 e. The molecule has 1 aliphatic rings. The second kappa shape index (κ2) is 44.4. The van der Waals surface area contributed by atoms with Gasteiger partial charge in [0.15, 0.2) is 6.29 Å². The van der Waals surface area contributed by atoms with E-state index in [2.05, 4.69) is 31.3 Å². The summed E-state index contributed by atoms with van der Waals surface area (Å²) in [7, 11) is 0. The first-order chi connectivity index (χ1) is 31.3. The lowest BCUT2D eigenvalue weighted by molar-refractivity contribution is -0.302. The summed E-state index contributed by atoms with van der Waals surface area (Å²) in [6, 6.07) is -0.894. The van der Waals surface area contributed by atoms with Crippen molar-refractivity contribution in [2.45, 2.75) is 313 Å². The quantitative estimate of drug-likeness (QED) is 0.0232. The van der Waals surface area contributed by atoms with Crippen molar-refractivity contribution in [3.05, 3.63) is 12.2 Å². The maximum atomic E-state index is 13.1. The van der Waals surface area contributed by atoms with E-state index in [9.17, 15) is 35.4 Å². The highest BCUT2D eigenvalue weighted by atomic mass is 16.7. The summed E-state index contributed by atoms with van der Waals surface area (Å²) in [5.74, 6) is -0.584. The molecule has 0 saturated carbocycles. The maximum absolute atomic E-state index is 13.1. The molecule has 1 heterocycles. The van der Waals surface area contributed by atoms with Crippen molar-refractivity contribution >= 4 is 5.91 Å². The van der Waals surface area contributed by atoms with Crippen molar-refractivity contribution in [1.82, 2.24) is 5.32 Å². The molecule has 0 aliphatic carbocycles. The monoisotopic (exact) mass is 912 g/mol. The molecule has 10 nitrogen and oxygen atoms in total. The predicted molar refractivity (Wildman–Crippen MR) is 264 cm³/mol. The van der Waals surface area contributed by atoms with Crippen molar-refractivity contribution < 1.29 is 44.9 Å². The summed E-state index contributed by atoms with van der Waals surface area (Å²) in [4.78, 5) is 13.1. The van der Waals surface area contributed by atoms with Gasteiger partial charge in [-0.25, -0.2) is 0 Å². The summed E-state index contributed by atoms with van der Waals surface area (Å²) in [5.41, 5.74) is 0. The van der Waals surface area contributed by atoms with Gasteiger partial charge in [-0.3, -0.25) is 4.79 Å². The Hall–Kier alpha value is -1.11. The fourth-order valence-corrected chi connectivity index (χ4v) is 8.99. The molecule has 1 rings (SSSR count). The topological polar surface area (TPSA) is 169 Å². The third-order valence-corrected chi connectivity index (χ3v) is 13.5. The van der Waals surface area contributed by atoms with Crippen LogP contribution in [0.4, 0.5) is 0 Å². The molecule has 1 fully saturated rings. The molecule has 0 aromatic heterocycles. The van der Waals surface area contributed by atoms with Gasteiger partial charge < -0.3 is 45.4 Å². The summed E-state index contributed by atoms with van der Waals surface area (Å²) in [6.07, 6.45) is 42.6. The zero-order chi connectivity index (χ0) is 46.7. The lowest BCUT2D eigenvalue weighted by Gasteiger charge is -2.40. The van der Waals surface area contributed by atoms with Crippen LogP contribution in [0.25, 0.3) is 0 Å². The van der Waals surface area contributed by atoms with Crippen molar-refractivity contribution in [3.63, 3.8) is 0 Å². The van der Waals surface area contributed by atoms with Gasteiger partial charge in [-0.05, 0) is 38.5 Å². The van der Waals surface area contributed by atoms with Gasteiger partial charge in [0, 0.05) is 0 Å². The minimum atomic E-state index is -1.60. The SMILES string of the molecule is CCCCCCCCCCCCCC/C=C\CCCCCCCCC(O)C(=O)NC(COC1OC(CO)C(O)C(O)C1O)C(O)CCCCCCCCCCCCCCCCCCC. The van der Waals surface area contributed by atoms with Gasteiger partial charge in [0.25, 0.3) is 0 Å². The van der Waals surface area contributed by atoms with Crippen molar-refractivity contribution in [2.75, 3.05) is 13.2 Å². The Morgan fingerprint density at radius 3 is 1.27 bits per heavy atom. The molecular weight excluding hydrogens is 807 g/mol. The van der Waals surface area contributed by atoms with Gasteiger partial charge in [-0.2, -0.15) is 0 Å². The van der Waals surface area contributed by atoms with Gasteiger partial charge in [0.05, 0.1) is 25.4 Å². The fourth-order valence-electron chi connectivity index (χ4n) is 8.99. The van der Waals surface area contributed by atoms with E-state index in [1.807, 2.05) is 0 Å². The Bertz CT molecular complexity index is 1030. The van der Waals surface area contributed by atoms with E-state index in [0.717, 1.165) is 57.8 Å². The third-order valence-electron chi connectivity index (χ3n) is 13.5. The number of nitrogens with one attached hydrogen (secondary N) is 1. The molecule has 1 saturated heterocycles. The Labute approximate surface area is 393 Å². The molecule has 380 valence electrons. The molecule has 10 heteroatoms. The average Bonchev–Trinajstić information content (AvgIpc) is 3.29.